The Kier molecular flexibility index (Phi) is 4.85. The van der Waals surface area contributed by atoms with E-state index in [-0.39, 0.29) is 23.4 Å². The SMILES string of the molecule is CCCn1c(=O)c2c(C(=O)OCCN(C)C)ncn2c2ccccc21. The number of likely N-dealkylation sites (N-methyl/N-ethyl adjacent to an activating group) is 1. The first-order valence-corrected chi connectivity index (χ1v) is 8.35. The van der Waals surface area contributed by atoms with Crippen molar-refractivity contribution in [3.8, 4) is 0 Å². The van der Waals surface area contributed by atoms with Crippen molar-refractivity contribution >= 4 is 22.5 Å². The summed E-state index contributed by atoms with van der Waals surface area (Å²) >= 11 is 0. The second-order valence-corrected chi connectivity index (χ2v) is 6.20. The molecule has 1 aromatic carbocycles. The lowest BCUT2D eigenvalue weighted by molar-refractivity contribution is 0.0478. The molecular weight excluding hydrogens is 320 g/mol. The topological polar surface area (TPSA) is 68.8 Å². The molecule has 0 saturated heterocycles. The number of aromatic nitrogens is 3. The summed E-state index contributed by atoms with van der Waals surface area (Å²) in [5, 5.41) is 0. The van der Waals surface area contributed by atoms with E-state index in [9.17, 15) is 9.59 Å². The van der Waals surface area contributed by atoms with E-state index in [4.69, 9.17) is 4.74 Å². The molecule has 7 nitrogen and oxygen atoms in total. The molecule has 0 amide bonds. The van der Waals surface area contributed by atoms with Crippen LogP contribution in [0.4, 0.5) is 0 Å². The summed E-state index contributed by atoms with van der Waals surface area (Å²) < 4.78 is 8.64. The van der Waals surface area contributed by atoms with Crippen molar-refractivity contribution < 1.29 is 9.53 Å². The largest absolute Gasteiger partial charge is 0.460 e. The number of ether oxygens (including phenoxy) is 1. The third-order valence-electron chi connectivity index (χ3n) is 4.06. The minimum absolute atomic E-state index is 0.0689. The van der Waals surface area contributed by atoms with E-state index in [1.54, 1.807) is 8.97 Å². The molecule has 0 aliphatic heterocycles. The maximum Gasteiger partial charge on any atom is 0.359 e. The Hall–Kier alpha value is -2.67. The first-order valence-electron chi connectivity index (χ1n) is 8.35. The fourth-order valence-electron chi connectivity index (χ4n) is 2.85. The summed E-state index contributed by atoms with van der Waals surface area (Å²) in [6, 6.07) is 7.61. The minimum atomic E-state index is -0.570. The first kappa shape index (κ1) is 17.2. The molecule has 0 spiro atoms. The number of benzene rings is 1. The summed E-state index contributed by atoms with van der Waals surface area (Å²) in [6.45, 7) is 3.45. The highest BCUT2D eigenvalue weighted by Gasteiger charge is 2.21. The van der Waals surface area contributed by atoms with Crippen LogP contribution in [0.15, 0.2) is 35.4 Å². The molecule has 0 aliphatic carbocycles. The normalized spacial score (nSPS) is 11.5. The smallest absolute Gasteiger partial charge is 0.359 e. The zero-order valence-electron chi connectivity index (χ0n) is 14.7. The van der Waals surface area contributed by atoms with E-state index in [1.165, 1.54) is 6.33 Å². The molecule has 25 heavy (non-hydrogen) atoms. The lowest BCUT2D eigenvalue weighted by Gasteiger charge is -2.12. The van der Waals surface area contributed by atoms with Crippen LogP contribution in [-0.2, 0) is 11.3 Å². The van der Waals surface area contributed by atoms with E-state index in [0.717, 1.165) is 17.5 Å². The first-order chi connectivity index (χ1) is 12.0. The molecule has 0 unspecified atom stereocenters. The van der Waals surface area contributed by atoms with Crippen LogP contribution in [0.2, 0.25) is 0 Å². The number of fused-ring (bicyclic) bond motifs is 3. The van der Waals surface area contributed by atoms with Gasteiger partial charge in [-0.3, -0.25) is 9.20 Å². The molecule has 0 saturated carbocycles. The van der Waals surface area contributed by atoms with Crippen molar-refractivity contribution in [2.24, 2.45) is 0 Å². The lowest BCUT2D eigenvalue weighted by atomic mass is 10.2. The summed E-state index contributed by atoms with van der Waals surface area (Å²) in [5.41, 5.74) is 1.77. The van der Waals surface area contributed by atoms with Crippen LogP contribution in [0.25, 0.3) is 16.6 Å². The predicted molar refractivity (Wildman–Crippen MR) is 96.1 cm³/mol. The van der Waals surface area contributed by atoms with Crippen LogP contribution in [0, 0.1) is 0 Å². The Bertz CT molecular complexity index is 972. The monoisotopic (exact) mass is 342 g/mol. The van der Waals surface area contributed by atoms with Crippen LogP contribution >= 0.6 is 0 Å². The van der Waals surface area contributed by atoms with Crippen molar-refractivity contribution in [3.05, 3.63) is 46.6 Å². The highest BCUT2D eigenvalue weighted by atomic mass is 16.5. The Morgan fingerprint density at radius 1 is 1.24 bits per heavy atom. The number of nitrogens with zero attached hydrogens (tertiary/aromatic N) is 4. The third kappa shape index (κ3) is 3.15. The quantitative estimate of drug-likeness (QED) is 0.639. The van der Waals surface area contributed by atoms with Gasteiger partial charge in [-0.25, -0.2) is 9.78 Å². The van der Waals surface area contributed by atoms with Gasteiger partial charge < -0.3 is 14.2 Å². The van der Waals surface area contributed by atoms with Crippen LogP contribution in [-0.4, -0.2) is 52.1 Å². The molecule has 0 fully saturated rings. The number of hydrogen-bond acceptors (Lipinski definition) is 5. The molecule has 0 N–H and O–H groups in total. The fourth-order valence-corrected chi connectivity index (χ4v) is 2.85. The molecule has 3 aromatic rings. The zero-order valence-corrected chi connectivity index (χ0v) is 14.7. The average Bonchev–Trinajstić information content (AvgIpc) is 3.03. The Balaban J connectivity index is 2.13. The van der Waals surface area contributed by atoms with Crippen LogP contribution in [0.1, 0.15) is 23.8 Å². The maximum absolute atomic E-state index is 13.0. The number of imidazole rings is 1. The number of carbonyl (C=O) groups is 1. The molecule has 2 heterocycles. The number of aryl methyl sites for hydroxylation is 1. The maximum atomic E-state index is 13.0. The van der Waals surface area contributed by atoms with E-state index in [1.807, 2.05) is 50.2 Å². The van der Waals surface area contributed by atoms with Crippen LogP contribution in [0.5, 0.6) is 0 Å². The Morgan fingerprint density at radius 2 is 1.96 bits per heavy atom. The summed E-state index contributed by atoms with van der Waals surface area (Å²) in [6.07, 6.45) is 2.33. The summed E-state index contributed by atoms with van der Waals surface area (Å²) in [5.74, 6) is -0.570. The number of para-hydroxylation sites is 2. The van der Waals surface area contributed by atoms with E-state index in [0.29, 0.717) is 13.1 Å². The highest BCUT2D eigenvalue weighted by molar-refractivity contribution is 5.96. The molecule has 2 aromatic heterocycles. The standard InChI is InChI=1S/C18H22N4O3/c1-4-9-21-13-7-5-6-8-14(13)22-12-19-15(16(22)17(21)23)18(24)25-11-10-20(2)3/h5-8,12H,4,9-11H2,1-3H3. The van der Waals surface area contributed by atoms with Crippen molar-refractivity contribution in [2.75, 3.05) is 27.2 Å². The van der Waals surface area contributed by atoms with Gasteiger partial charge in [0.05, 0.1) is 11.0 Å². The van der Waals surface area contributed by atoms with Gasteiger partial charge in [-0.1, -0.05) is 19.1 Å². The molecule has 3 rings (SSSR count). The molecule has 132 valence electrons. The average molecular weight is 342 g/mol. The molecule has 0 bridgehead atoms. The molecule has 0 radical (unpaired) electrons. The molecule has 0 atom stereocenters. The zero-order chi connectivity index (χ0) is 18.0. The lowest BCUT2D eigenvalue weighted by Crippen LogP contribution is -2.25. The third-order valence-corrected chi connectivity index (χ3v) is 4.06. The van der Waals surface area contributed by atoms with E-state index in [2.05, 4.69) is 4.98 Å². The Morgan fingerprint density at radius 3 is 2.64 bits per heavy atom. The van der Waals surface area contributed by atoms with Crippen LogP contribution < -0.4 is 5.56 Å². The van der Waals surface area contributed by atoms with E-state index >= 15 is 0 Å². The van der Waals surface area contributed by atoms with Gasteiger partial charge in [-0.15, -0.1) is 0 Å². The number of rotatable bonds is 6. The second-order valence-electron chi connectivity index (χ2n) is 6.20. The molecule has 7 heteroatoms. The predicted octanol–water partition coefficient (Wildman–Crippen LogP) is 1.78. The summed E-state index contributed by atoms with van der Waals surface area (Å²) in [7, 11) is 3.80. The van der Waals surface area contributed by atoms with Gasteiger partial charge in [0.25, 0.3) is 5.56 Å². The van der Waals surface area contributed by atoms with Gasteiger partial charge in [0.2, 0.25) is 0 Å². The number of esters is 1. The van der Waals surface area contributed by atoms with Gasteiger partial charge >= 0.3 is 5.97 Å². The van der Waals surface area contributed by atoms with Crippen molar-refractivity contribution in [1.82, 2.24) is 18.9 Å². The van der Waals surface area contributed by atoms with Gasteiger partial charge in [-0.05, 0) is 32.6 Å². The van der Waals surface area contributed by atoms with Crippen molar-refractivity contribution in [2.45, 2.75) is 19.9 Å². The van der Waals surface area contributed by atoms with Gasteiger partial charge in [0.15, 0.2) is 5.69 Å². The van der Waals surface area contributed by atoms with Gasteiger partial charge in [-0.2, -0.15) is 0 Å². The second kappa shape index (κ2) is 7.06. The van der Waals surface area contributed by atoms with Gasteiger partial charge in [0, 0.05) is 13.1 Å². The Labute approximate surface area is 145 Å². The number of hydrogen-bond donors (Lipinski definition) is 0. The number of carbonyl (C=O) groups excluding carboxylic acids is 1. The fraction of sp³-hybridized carbons (Fsp3) is 0.389. The highest BCUT2D eigenvalue weighted by Crippen LogP contribution is 2.17. The minimum Gasteiger partial charge on any atom is -0.460 e. The van der Waals surface area contributed by atoms with Crippen LogP contribution in [0.3, 0.4) is 0 Å². The molecular formula is C18H22N4O3. The van der Waals surface area contributed by atoms with E-state index < -0.39 is 5.97 Å². The summed E-state index contributed by atoms with van der Waals surface area (Å²) in [4.78, 5) is 31.5. The van der Waals surface area contributed by atoms with Gasteiger partial charge in [0.1, 0.15) is 18.5 Å². The van der Waals surface area contributed by atoms with Crippen molar-refractivity contribution in [3.63, 3.8) is 0 Å². The molecule has 0 aliphatic rings. The van der Waals surface area contributed by atoms with Crippen molar-refractivity contribution in [1.29, 1.82) is 0 Å².